The van der Waals surface area contributed by atoms with Crippen LogP contribution in [0.25, 0.3) is 5.69 Å². The second kappa shape index (κ2) is 4.49. The zero-order chi connectivity index (χ0) is 13.3. The molecule has 0 atom stereocenters. The van der Waals surface area contributed by atoms with Gasteiger partial charge in [0.25, 0.3) is 0 Å². The summed E-state index contributed by atoms with van der Waals surface area (Å²) in [7, 11) is 0. The Morgan fingerprint density at radius 1 is 1.17 bits per heavy atom. The van der Waals surface area contributed by atoms with E-state index in [2.05, 4.69) is 0 Å². The minimum absolute atomic E-state index is 0.0464. The molecule has 0 bridgehead atoms. The lowest BCUT2D eigenvalue weighted by Gasteiger charge is -2.10. The Morgan fingerprint density at radius 2 is 1.89 bits per heavy atom. The van der Waals surface area contributed by atoms with Gasteiger partial charge in [0.05, 0.1) is 5.56 Å². The van der Waals surface area contributed by atoms with E-state index >= 15 is 0 Å². The van der Waals surface area contributed by atoms with E-state index in [4.69, 9.17) is 11.6 Å². The summed E-state index contributed by atoms with van der Waals surface area (Å²) in [6.07, 6.45) is -1.76. The lowest BCUT2D eigenvalue weighted by molar-refractivity contribution is -0.137. The van der Waals surface area contributed by atoms with Crippen molar-refractivity contribution in [2.45, 2.75) is 6.18 Å². The summed E-state index contributed by atoms with van der Waals surface area (Å²) in [6.45, 7) is 0. The molecular weight excluding hydrogens is 267 g/mol. The molecular formula is C12H7ClF3NO. The summed E-state index contributed by atoms with van der Waals surface area (Å²) in [5, 5.41) is -0.0464. The van der Waals surface area contributed by atoms with E-state index in [0.717, 1.165) is 12.1 Å². The topological polar surface area (TPSA) is 22.0 Å². The van der Waals surface area contributed by atoms with Crippen LogP contribution >= 0.6 is 11.6 Å². The van der Waals surface area contributed by atoms with Gasteiger partial charge in [0.2, 0.25) is 0 Å². The predicted molar refractivity (Wildman–Crippen MR) is 62.1 cm³/mol. The van der Waals surface area contributed by atoms with E-state index in [-0.39, 0.29) is 16.1 Å². The number of alkyl halides is 3. The van der Waals surface area contributed by atoms with Crippen molar-refractivity contribution in [3.63, 3.8) is 0 Å². The molecule has 0 spiro atoms. The number of hydrogen-bond donors (Lipinski definition) is 0. The van der Waals surface area contributed by atoms with E-state index in [1.54, 1.807) is 0 Å². The van der Waals surface area contributed by atoms with Crippen LogP contribution in [0.2, 0.25) is 5.02 Å². The summed E-state index contributed by atoms with van der Waals surface area (Å²) < 4.78 is 39.0. The van der Waals surface area contributed by atoms with Crippen LogP contribution in [0.3, 0.4) is 0 Å². The molecule has 0 radical (unpaired) electrons. The Bertz CT molecular complexity index is 634. The highest BCUT2D eigenvalue weighted by atomic mass is 35.5. The summed E-state index contributed by atoms with van der Waals surface area (Å²) >= 11 is 5.64. The number of pyridine rings is 1. The Labute approximate surface area is 105 Å². The Kier molecular flexibility index (Phi) is 3.17. The van der Waals surface area contributed by atoms with E-state index < -0.39 is 11.7 Å². The third kappa shape index (κ3) is 2.56. The molecule has 0 aliphatic heterocycles. The van der Waals surface area contributed by atoms with Crippen LogP contribution < -0.4 is 5.43 Å². The molecule has 2 nitrogen and oxygen atoms in total. The average Bonchev–Trinajstić information content (AvgIpc) is 2.32. The van der Waals surface area contributed by atoms with Crippen LogP contribution in [-0.4, -0.2) is 4.57 Å². The van der Waals surface area contributed by atoms with Crippen LogP contribution in [0.4, 0.5) is 13.2 Å². The van der Waals surface area contributed by atoms with Crippen molar-refractivity contribution in [3.8, 4) is 5.69 Å². The zero-order valence-corrected chi connectivity index (χ0v) is 9.66. The van der Waals surface area contributed by atoms with Gasteiger partial charge >= 0.3 is 6.18 Å². The van der Waals surface area contributed by atoms with Crippen LogP contribution in [-0.2, 0) is 6.18 Å². The summed E-state index contributed by atoms with van der Waals surface area (Å²) in [5.41, 5.74) is -0.846. The highest BCUT2D eigenvalue weighted by Gasteiger charge is 2.30. The third-order valence-corrected chi connectivity index (χ3v) is 2.63. The first-order valence-corrected chi connectivity index (χ1v) is 5.31. The molecule has 0 saturated heterocycles. The average molecular weight is 274 g/mol. The Hall–Kier alpha value is -1.75. The van der Waals surface area contributed by atoms with Crippen molar-refractivity contribution in [2.75, 3.05) is 0 Å². The molecule has 0 fully saturated rings. The van der Waals surface area contributed by atoms with Crippen molar-refractivity contribution in [1.29, 1.82) is 0 Å². The lowest BCUT2D eigenvalue weighted by atomic mass is 10.2. The first-order chi connectivity index (χ1) is 8.38. The van der Waals surface area contributed by atoms with Gasteiger partial charge in [-0.2, -0.15) is 13.2 Å². The maximum absolute atomic E-state index is 12.5. The number of hydrogen-bond acceptors (Lipinski definition) is 1. The first-order valence-electron chi connectivity index (χ1n) is 4.93. The SMILES string of the molecule is O=c1ccn(-c2cccc(C(F)(F)F)c2)cc1Cl. The second-order valence-electron chi connectivity index (χ2n) is 3.61. The van der Waals surface area contributed by atoms with Gasteiger partial charge in [0.1, 0.15) is 5.02 Å². The van der Waals surface area contributed by atoms with Gasteiger partial charge in [-0.05, 0) is 18.2 Å². The third-order valence-electron chi connectivity index (χ3n) is 2.35. The Morgan fingerprint density at radius 3 is 2.50 bits per heavy atom. The van der Waals surface area contributed by atoms with Gasteiger partial charge < -0.3 is 4.57 Å². The minimum atomic E-state index is -4.40. The fourth-order valence-electron chi connectivity index (χ4n) is 1.46. The van der Waals surface area contributed by atoms with Crippen LogP contribution in [0.15, 0.2) is 47.5 Å². The number of nitrogens with zero attached hydrogens (tertiary/aromatic N) is 1. The van der Waals surface area contributed by atoms with Crippen molar-refractivity contribution in [2.24, 2.45) is 0 Å². The molecule has 6 heteroatoms. The predicted octanol–water partition coefficient (Wildman–Crippen LogP) is 3.51. The van der Waals surface area contributed by atoms with Gasteiger partial charge in [0.15, 0.2) is 5.43 Å². The van der Waals surface area contributed by atoms with Gasteiger partial charge in [-0.1, -0.05) is 17.7 Å². The molecule has 0 N–H and O–H groups in total. The second-order valence-corrected chi connectivity index (χ2v) is 4.02. The van der Waals surface area contributed by atoms with E-state index in [0.29, 0.717) is 0 Å². The van der Waals surface area contributed by atoms with Crippen LogP contribution in [0.1, 0.15) is 5.56 Å². The normalized spacial score (nSPS) is 11.6. The van der Waals surface area contributed by atoms with Gasteiger partial charge in [-0.3, -0.25) is 4.79 Å². The molecule has 0 aliphatic rings. The van der Waals surface area contributed by atoms with E-state index in [9.17, 15) is 18.0 Å². The van der Waals surface area contributed by atoms with Crippen molar-refractivity contribution < 1.29 is 13.2 Å². The first kappa shape index (κ1) is 12.7. The quantitative estimate of drug-likeness (QED) is 0.779. The van der Waals surface area contributed by atoms with Crippen molar-refractivity contribution >= 4 is 11.6 Å². The molecule has 2 rings (SSSR count). The summed E-state index contributed by atoms with van der Waals surface area (Å²) in [4.78, 5) is 11.1. The van der Waals surface area contributed by atoms with Gasteiger partial charge in [0, 0.05) is 24.1 Å². The molecule has 1 aromatic heterocycles. The standard InChI is InChI=1S/C12H7ClF3NO/c13-10-7-17(5-4-11(10)18)9-3-1-2-8(6-9)12(14,15)16/h1-7H. The van der Waals surface area contributed by atoms with Gasteiger partial charge in [-0.25, -0.2) is 0 Å². The number of aromatic nitrogens is 1. The number of rotatable bonds is 1. The largest absolute Gasteiger partial charge is 0.416 e. The highest BCUT2D eigenvalue weighted by Crippen LogP contribution is 2.30. The Balaban J connectivity index is 2.51. The molecule has 1 heterocycles. The van der Waals surface area contributed by atoms with E-state index in [1.807, 2.05) is 0 Å². The highest BCUT2D eigenvalue weighted by molar-refractivity contribution is 6.30. The monoisotopic (exact) mass is 273 g/mol. The summed E-state index contributed by atoms with van der Waals surface area (Å²) in [6, 6.07) is 5.96. The minimum Gasteiger partial charge on any atom is -0.322 e. The molecule has 94 valence electrons. The zero-order valence-electron chi connectivity index (χ0n) is 8.91. The van der Waals surface area contributed by atoms with Crippen molar-refractivity contribution in [1.82, 2.24) is 4.57 Å². The molecule has 0 aliphatic carbocycles. The van der Waals surface area contributed by atoms with Crippen molar-refractivity contribution in [3.05, 3.63) is 63.5 Å². The molecule has 0 unspecified atom stereocenters. The van der Waals surface area contributed by atoms with E-state index in [1.165, 1.54) is 35.2 Å². The molecule has 0 saturated carbocycles. The summed E-state index contributed by atoms with van der Waals surface area (Å²) in [5.74, 6) is 0. The molecule has 2 aromatic rings. The maximum Gasteiger partial charge on any atom is 0.416 e. The number of benzene rings is 1. The number of halogens is 4. The fourth-order valence-corrected chi connectivity index (χ4v) is 1.63. The maximum atomic E-state index is 12.5. The lowest BCUT2D eigenvalue weighted by Crippen LogP contribution is -2.08. The molecule has 1 aromatic carbocycles. The fraction of sp³-hybridized carbons (Fsp3) is 0.0833. The van der Waals surface area contributed by atoms with Crippen LogP contribution in [0.5, 0.6) is 0 Å². The smallest absolute Gasteiger partial charge is 0.322 e. The van der Waals surface area contributed by atoms with Crippen LogP contribution in [0, 0.1) is 0 Å². The molecule has 0 amide bonds. The van der Waals surface area contributed by atoms with Gasteiger partial charge in [-0.15, -0.1) is 0 Å². The molecule has 18 heavy (non-hydrogen) atoms.